The van der Waals surface area contributed by atoms with Gasteiger partial charge < -0.3 is 9.67 Å². The summed E-state index contributed by atoms with van der Waals surface area (Å²) in [5.41, 5.74) is 1.69. The SMILES string of the molecule is Cc1cn(-c2cccc3cc(Cc4cccc(C(F)(F)F)c4)sc23)cc1C(=O)O. The highest BCUT2D eigenvalue weighted by Gasteiger charge is 2.30. The first-order valence-electron chi connectivity index (χ1n) is 8.82. The molecule has 7 heteroatoms. The lowest BCUT2D eigenvalue weighted by Crippen LogP contribution is -2.05. The molecule has 0 aliphatic carbocycles. The number of carbonyl (C=O) groups is 1. The van der Waals surface area contributed by atoms with Crippen LogP contribution in [0, 0.1) is 6.92 Å². The number of hydrogen-bond donors (Lipinski definition) is 1. The number of aryl methyl sites for hydroxylation is 1. The van der Waals surface area contributed by atoms with Crippen molar-refractivity contribution in [3.05, 3.63) is 88.1 Å². The maximum atomic E-state index is 13.0. The maximum absolute atomic E-state index is 13.0. The Hall–Kier alpha value is -3.06. The molecule has 0 spiro atoms. The van der Waals surface area contributed by atoms with Crippen molar-refractivity contribution in [3.63, 3.8) is 0 Å². The number of halogens is 3. The fourth-order valence-corrected chi connectivity index (χ4v) is 4.58. The normalized spacial score (nSPS) is 11.9. The highest BCUT2D eigenvalue weighted by atomic mass is 32.1. The molecule has 3 nitrogen and oxygen atoms in total. The molecule has 29 heavy (non-hydrogen) atoms. The topological polar surface area (TPSA) is 42.2 Å². The van der Waals surface area contributed by atoms with Gasteiger partial charge in [-0.3, -0.25) is 0 Å². The summed E-state index contributed by atoms with van der Waals surface area (Å²) in [5.74, 6) is -0.982. The number of hydrogen-bond acceptors (Lipinski definition) is 2. The molecule has 0 bridgehead atoms. The van der Waals surface area contributed by atoms with Gasteiger partial charge in [0.2, 0.25) is 0 Å². The van der Waals surface area contributed by atoms with Crippen molar-refractivity contribution in [2.45, 2.75) is 19.5 Å². The van der Waals surface area contributed by atoms with Gasteiger partial charge in [-0.05, 0) is 41.6 Å². The number of alkyl halides is 3. The van der Waals surface area contributed by atoms with Crippen molar-refractivity contribution in [3.8, 4) is 5.69 Å². The standard InChI is InChI=1S/C22H16F3NO2S/c1-13-11-26(12-18(13)21(27)28)19-7-3-5-15-10-17(29-20(15)19)9-14-4-2-6-16(8-14)22(23,24)25/h2-8,10-12H,9H2,1H3,(H,27,28). The molecule has 0 fully saturated rings. The minimum atomic E-state index is -4.36. The summed E-state index contributed by atoms with van der Waals surface area (Å²) in [7, 11) is 0. The molecule has 2 aromatic heterocycles. The number of rotatable bonds is 4. The number of carboxylic acids is 1. The zero-order valence-corrected chi connectivity index (χ0v) is 16.1. The minimum absolute atomic E-state index is 0.239. The van der Waals surface area contributed by atoms with E-state index in [1.807, 2.05) is 24.3 Å². The Labute approximate surface area is 168 Å². The molecule has 0 unspecified atom stereocenters. The third kappa shape index (κ3) is 3.78. The summed E-state index contributed by atoms with van der Waals surface area (Å²) in [6, 6.07) is 13.1. The zero-order chi connectivity index (χ0) is 20.8. The average Bonchev–Trinajstić information content (AvgIpc) is 3.23. The molecule has 0 aliphatic heterocycles. The predicted octanol–water partition coefficient (Wildman–Crippen LogP) is 6.31. The van der Waals surface area contributed by atoms with Crippen LogP contribution in [0.3, 0.4) is 0 Å². The van der Waals surface area contributed by atoms with E-state index in [2.05, 4.69) is 0 Å². The van der Waals surface area contributed by atoms with Crippen molar-refractivity contribution in [1.29, 1.82) is 0 Å². The number of aromatic carboxylic acids is 1. The first kappa shape index (κ1) is 19.3. The van der Waals surface area contributed by atoms with E-state index in [9.17, 15) is 23.1 Å². The van der Waals surface area contributed by atoms with Gasteiger partial charge in [0, 0.05) is 23.7 Å². The van der Waals surface area contributed by atoms with E-state index in [4.69, 9.17) is 0 Å². The molecule has 0 radical (unpaired) electrons. The highest BCUT2D eigenvalue weighted by molar-refractivity contribution is 7.19. The van der Waals surface area contributed by atoms with E-state index in [1.54, 1.807) is 30.0 Å². The lowest BCUT2D eigenvalue weighted by Gasteiger charge is -2.08. The number of aromatic nitrogens is 1. The second-order valence-corrected chi connectivity index (χ2v) is 7.99. The van der Waals surface area contributed by atoms with E-state index < -0.39 is 17.7 Å². The van der Waals surface area contributed by atoms with Gasteiger partial charge in [0.05, 0.1) is 21.5 Å². The number of carboxylic acid groups (broad SMARTS) is 1. The monoisotopic (exact) mass is 415 g/mol. The fourth-order valence-electron chi connectivity index (χ4n) is 3.37. The maximum Gasteiger partial charge on any atom is 0.416 e. The Kier molecular flexibility index (Phi) is 4.70. The lowest BCUT2D eigenvalue weighted by atomic mass is 10.1. The third-order valence-electron chi connectivity index (χ3n) is 4.74. The van der Waals surface area contributed by atoms with Gasteiger partial charge in [-0.2, -0.15) is 13.2 Å². The van der Waals surface area contributed by atoms with E-state index in [0.29, 0.717) is 17.5 Å². The summed E-state index contributed by atoms with van der Waals surface area (Å²) >= 11 is 1.50. The summed E-state index contributed by atoms with van der Waals surface area (Å²) in [4.78, 5) is 12.3. The summed E-state index contributed by atoms with van der Waals surface area (Å²) in [6.45, 7) is 1.74. The molecule has 4 rings (SSSR count). The predicted molar refractivity (Wildman–Crippen MR) is 107 cm³/mol. The number of benzene rings is 2. The van der Waals surface area contributed by atoms with Crippen molar-refractivity contribution in [1.82, 2.24) is 4.57 Å². The van der Waals surface area contributed by atoms with Crippen LogP contribution in [0.2, 0.25) is 0 Å². The van der Waals surface area contributed by atoms with E-state index in [0.717, 1.165) is 26.7 Å². The lowest BCUT2D eigenvalue weighted by molar-refractivity contribution is -0.137. The van der Waals surface area contributed by atoms with Crippen LogP contribution in [0.1, 0.15) is 31.9 Å². The molecular weight excluding hydrogens is 399 g/mol. The van der Waals surface area contributed by atoms with E-state index in [1.165, 1.54) is 23.5 Å². The van der Waals surface area contributed by atoms with Crippen LogP contribution in [0.25, 0.3) is 15.8 Å². The van der Waals surface area contributed by atoms with Crippen LogP contribution >= 0.6 is 11.3 Å². The first-order valence-corrected chi connectivity index (χ1v) is 9.64. The van der Waals surface area contributed by atoms with Crippen LogP contribution in [-0.2, 0) is 12.6 Å². The molecule has 2 aromatic carbocycles. The number of thiophene rings is 1. The van der Waals surface area contributed by atoms with Crippen LogP contribution < -0.4 is 0 Å². The minimum Gasteiger partial charge on any atom is -0.478 e. The largest absolute Gasteiger partial charge is 0.478 e. The molecule has 1 N–H and O–H groups in total. The Bertz CT molecular complexity index is 1220. The second-order valence-electron chi connectivity index (χ2n) is 6.85. The van der Waals surface area contributed by atoms with Gasteiger partial charge in [-0.1, -0.05) is 30.3 Å². The van der Waals surface area contributed by atoms with Crippen LogP contribution in [-0.4, -0.2) is 15.6 Å². The van der Waals surface area contributed by atoms with Crippen molar-refractivity contribution in [2.24, 2.45) is 0 Å². The molecule has 0 aliphatic rings. The Morgan fingerprint density at radius 1 is 1.10 bits per heavy atom. The zero-order valence-electron chi connectivity index (χ0n) is 15.3. The van der Waals surface area contributed by atoms with Gasteiger partial charge in [0.15, 0.2) is 0 Å². The molecular formula is C22H16F3NO2S. The molecule has 0 atom stereocenters. The molecule has 2 heterocycles. The Morgan fingerprint density at radius 2 is 1.86 bits per heavy atom. The van der Waals surface area contributed by atoms with Gasteiger partial charge in [-0.15, -0.1) is 11.3 Å². The van der Waals surface area contributed by atoms with Crippen LogP contribution in [0.5, 0.6) is 0 Å². The molecule has 0 amide bonds. The number of nitrogens with zero attached hydrogens (tertiary/aromatic N) is 1. The first-order chi connectivity index (χ1) is 13.7. The third-order valence-corrected chi connectivity index (χ3v) is 5.91. The van der Waals surface area contributed by atoms with E-state index in [-0.39, 0.29) is 5.56 Å². The summed E-state index contributed by atoms with van der Waals surface area (Å²) in [6.07, 6.45) is -0.617. The molecule has 148 valence electrons. The van der Waals surface area contributed by atoms with E-state index >= 15 is 0 Å². The van der Waals surface area contributed by atoms with Gasteiger partial charge in [-0.25, -0.2) is 4.79 Å². The van der Waals surface area contributed by atoms with Crippen LogP contribution in [0.15, 0.2) is 60.9 Å². The highest BCUT2D eigenvalue weighted by Crippen LogP contribution is 2.34. The fraction of sp³-hybridized carbons (Fsp3) is 0.136. The Morgan fingerprint density at radius 3 is 2.55 bits per heavy atom. The average molecular weight is 415 g/mol. The van der Waals surface area contributed by atoms with Crippen LogP contribution in [0.4, 0.5) is 13.2 Å². The molecule has 0 saturated carbocycles. The second kappa shape index (κ2) is 7.08. The van der Waals surface area contributed by atoms with Crippen molar-refractivity contribution >= 4 is 27.4 Å². The van der Waals surface area contributed by atoms with Gasteiger partial charge in [0.1, 0.15) is 0 Å². The van der Waals surface area contributed by atoms with Crippen molar-refractivity contribution in [2.75, 3.05) is 0 Å². The van der Waals surface area contributed by atoms with Gasteiger partial charge in [0.25, 0.3) is 0 Å². The molecule has 0 saturated heterocycles. The summed E-state index contributed by atoms with van der Waals surface area (Å²) in [5, 5.41) is 10.3. The smallest absolute Gasteiger partial charge is 0.416 e. The Balaban J connectivity index is 1.72. The van der Waals surface area contributed by atoms with Crippen molar-refractivity contribution < 1.29 is 23.1 Å². The quantitative estimate of drug-likeness (QED) is 0.424. The number of fused-ring (bicyclic) bond motifs is 1. The summed E-state index contributed by atoms with van der Waals surface area (Å²) < 4.78 is 41.6. The molecule has 4 aromatic rings. The van der Waals surface area contributed by atoms with Gasteiger partial charge >= 0.3 is 12.1 Å².